The van der Waals surface area contributed by atoms with Gasteiger partial charge >= 0.3 is 6.36 Å². The average Bonchev–Trinajstić information content (AvgIpc) is 2.34. The Morgan fingerprint density at radius 3 is 2.24 bits per heavy atom. The average molecular weight is 304 g/mol. The third kappa shape index (κ3) is 6.64. The van der Waals surface area contributed by atoms with E-state index in [1.54, 1.807) is 13.8 Å². The molecule has 0 atom stereocenters. The molecule has 0 aliphatic heterocycles. The van der Waals surface area contributed by atoms with E-state index < -0.39 is 18.0 Å². The molecule has 0 aliphatic rings. The number of hydrogen-bond acceptors (Lipinski definition) is 3. The van der Waals surface area contributed by atoms with Crippen LogP contribution in [-0.4, -0.2) is 30.8 Å². The summed E-state index contributed by atoms with van der Waals surface area (Å²) in [6, 6.07) is 4.36. The van der Waals surface area contributed by atoms with Gasteiger partial charge in [-0.05, 0) is 38.1 Å². The second-order valence-corrected chi connectivity index (χ2v) is 4.48. The van der Waals surface area contributed by atoms with Crippen molar-refractivity contribution in [3.63, 3.8) is 0 Å². The third-order valence-corrected chi connectivity index (χ3v) is 2.21. The van der Waals surface area contributed by atoms with Gasteiger partial charge in [0.25, 0.3) is 5.91 Å². The van der Waals surface area contributed by atoms with Crippen LogP contribution in [0.15, 0.2) is 24.3 Å². The maximum Gasteiger partial charge on any atom is 0.573 e. The van der Waals surface area contributed by atoms with Gasteiger partial charge < -0.3 is 15.4 Å². The zero-order valence-corrected chi connectivity index (χ0v) is 11.5. The van der Waals surface area contributed by atoms with E-state index in [2.05, 4.69) is 15.4 Å². The quantitative estimate of drug-likeness (QED) is 0.872. The van der Waals surface area contributed by atoms with E-state index in [1.165, 1.54) is 12.1 Å². The number of rotatable bonds is 5. The van der Waals surface area contributed by atoms with Crippen molar-refractivity contribution < 1.29 is 27.5 Å². The van der Waals surface area contributed by atoms with Crippen molar-refractivity contribution in [1.82, 2.24) is 10.6 Å². The van der Waals surface area contributed by atoms with Crippen molar-refractivity contribution in [3.05, 3.63) is 29.8 Å². The van der Waals surface area contributed by atoms with Crippen molar-refractivity contribution in [2.24, 2.45) is 0 Å². The van der Waals surface area contributed by atoms with Crippen LogP contribution in [0.1, 0.15) is 24.2 Å². The van der Waals surface area contributed by atoms with Crippen LogP contribution in [0.2, 0.25) is 0 Å². The van der Waals surface area contributed by atoms with Crippen LogP contribution in [0.25, 0.3) is 0 Å². The van der Waals surface area contributed by atoms with Crippen LogP contribution in [-0.2, 0) is 4.79 Å². The summed E-state index contributed by atoms with van der Waals surface area (Å²) in [7, 11) is 0. The number of carbonyl (C=O) groups is 2. The van der Waals surface area contributed by atoms with Gasteiger partial charge in [0, 0.05) is 11.6 Å². The fourth-order valence-electron chi connectivity index (χ4n) is 1.44. The van der Waals surface area contributed by atoms with Crippen LogP contribution in [0.4, 0.5) is 13.2 Å². The number of alkyl halides is 3. The Balaban J connectivity index is 2.54. The van der Waals surface area contributed by atoms with Gasteiger partial charge in [0.05, 0.1) is 6.54 Å². The van der Waals surface area contributed by atoms with Gasteiger partial charge in [-0.1, -0.05) is 0 Å². The molecule has 5 nitrogen and oxygen atoms in total. The van der Waals surface area contributed by atoms with Crippen molar-refractivity contribution >= 4 is 11.8 Å². The zero-order chi connectivity index (χ0) is 16.0. The maximum atomic E-state index is 12.0. The molecular weight excluding hydrogens is 289 g/mol. The number of nitrogens with one attached hydrogen (secondary N) is 2. The third-order valence-electron chi connectivity index (χ3n) is 2.21. The van der Waals surface area contributed by atoms with E-state index in [4.69, 9.17) is 0 Å². The summed E-state index contributed by atoms with van der Waals surface area (Å²) in [6.07, 6.45) is -4.78. The smallest absolute Gasteiger partial charge is 0.406 e. The minimum absolute atomic E-state index is 0.0480. The molecule has 1 aromatic rings. The van der Waals surface area contributed by atoms with Crippen LogP contribution in [0.5, 0.6) is 5.75 Å². The number of ether oxygens (including phenoxy) is 1. The first-order valence-electron chi connectivity index (χ1n) is 6.11. The lowest BCUT2D eigenvalue weighted by Crippen LogP contribution is -2.39. The van der Waals surface area contributed by atoms with Crippen LogP contribution in [0, 0.1) is 0 Å². The standard InChI is InChI=1S/C13H15F3N2O3/c1-8(2)18-11(19)7-17-12(20)9-3-5-10(6-4-9)21-13(14,15)16/h3-6,8H,7H2,1-2H3,(H,17,20)(H,18,19). The molecule has 21 heavy (non-hydrogen) atoms. The fraction of sp³-hybridized carbons (Fsp3) is 0.385. The molecule has 0 bridgehead atoms. The van der Waals surface area contributed by atoms with Gasteiger partial charge in [-0.15, -0.1) is 13.2 Å². The molecule has 0 aromatic heterocycles. The van der Waals surface area contributed by atoms with E-state index >= 15 is 0 Å². The van der Waals surface area contributed by atoms with E-state index in [0.717, 1.165) is 12.1 Å². The molecule has 0 spiro atoms. The second kappa shape index (κ2) is 6.96. The summed E-state index contributed by atoms with van der Waals surface area (Å²) in [5, 5.41) is 4.94. The molecule has 0 saturated heterocycles. The lowest BCUT2D eigenvalue weighted by Gasteiger charge is -2.10. The first-order valence-corrected chi connectivity index (χ1v) is 6.11. The topological polar surface area (TPSA) is 67.4 Å². The van der Waals surface area contributed by atoms with Crippen LogP contribution in [0.3, 0.4) is 0 Å². The first-order chi connectivity index (χ1) is 9.67. The lowest BCUT2D eigenvalue weighted by molar-refractivity contribution is -0.274. The molecule has 2 amide bonds. The summed E-state index contributed by atoms with van der Waals surface area (Å²) >= 11 is 0. The molecule has 1 rings (SSSR count). The SMILES string of the molecule is CC(C)NC(=O)CNC(=O)c1ccc(OC(F)(F)F)cc1. The van der Waals surface area contributed by atoms with E-state index in [1.807, 2.05) is 0 Å². The first kappa shape index (κ1) is 16.8. The Morgan fingerprint density at radius 2 is 1.76 bits per heavy atom. The van der Waals surface area contributed by atoms with E-state index in [9.17, 15) is 22.8 Å². The van der Waals surface area contributed by atoms with Gasteiger partial charge in [-0.3, -0.25) is 9.59 Å². The normalized spacial score (nSPS) is 11.1. The summed E-state index contributed by atoms with van der Waals surface area (Å²) in [6.45, 7) is 3.34. The van der Waals surface area contributed by atoms with Gasteiger partial charge in [-0.25, -0.2) is 0 Å². The molecule has 8 heteroatoms. The van der Waals surface area contributed by atoms with Gasteiger partial charge in [0.15, 0.2) is 0 Å². The highest BCUT2D eigenvalue weighted by molar-refractivity contribution is 5.96. The van der Waals surface area contributed by atoms with Crippen molar-refractivity contribution in [3.8, 4) is 5.75 Å². The molecule has 0 aliphatic carbocycles. The van der Waals surface area contributed by atoms with Gasteiger partial charge in [0.2, 0.25) is 5.91 Å². The van der Waals surface area contributed by atoms with Gasteiger partial charge in [0.1, 0.15) is 5.75 Å². The van der Waals surface area contributed by atoms with Crippen molar-refractivity contribution in [2.45, 2.75) is 26.3 Å². The van der Waals surface area contributed by atoms with Crippen LogP contribution >= 0.6 is 0 Å². The fourth-order valence-corrected chi connectivity index (χ4v) is 1.44. The summed E-state index contributed by atoms with van der Waals surface area (Å²) < 4.78 is 39.6. The molecule has 0 saturated carbocycles. The summed E-state index contributed by atoms with van der Waals surface area (Å²) in [5.74, 6) is -1.33. The van der Waals surface area contributed by atoms with E-state index in [0.29, 0.717) is 0 Å². The van der Waals surface area contributed by atoms with E-state index in [-0.39, 0.29) is 24.1 Å². The number of hydrogen-bond donors (Lipinski definition) is 2. The predicted molar refractivity (Wildman–Crippen MR) is 68.7 cm³/mol. The Morgan fingerprint density at radius 1 is 1.19 bits per heavy atom. The molecule has 1 aromatic carbocycles. The van der Waals surface area contributed by atoms with Gasteiger partial charge in [-0.2, -0.15) is 0 Å². The number of halogens is 3. The Kier molecular flexibility index (Phi) is 5.57. The molecular formula is C13H15F3N2O3. The van der Waals surface area contributed by atoms with Crippen LogP contribution < -0.4 is 15.4 Å². The summed E-state index contributed by atoms with van der Waals surface area (Å²) in [4.78, 5) is 23.0. The monoisotopic (exact) mass is 304 g/mol. The number of carbonyl (C=O) groups excluding carboxylic acids is 2. The molecule has 0 fully saturated rings. The highest BCUT2D eigenvalue weighted by Crippen LogP contribution is 2.22. The Labute approximate surface area is 119 Å². The predicted octanol–water partition coefficient (Wildman–Crippen LogP) is 1.84. The lowest BCUT2D eigenvalue weighted by atomic mass is 10.2. The highest BCUT2D eigenvalue weighted by atomic mass is 19.4. The number of benzene rings is 1. The second-order valence-electron chi connectivity index (χ2n) is 4.48. The zero-order valence-electron chi connectivity index (χ0n) is 11.5. The molecule has 2 N–H and O–H groups in total. The maximum absolute atomic E-state index is 12.0. The molecule has 116 valence electrons. The molecule has 0 radical (unpaired) electrons. The highest BCUT2D eigenvalue weighted by Gasteiger charge is 2.31. The van der Waals surface area contributed by atoms with Crippen molar-refractivity contribution in [1.29, 1.82) is 0 Å². The number of amides is 2. The van der Waals surface area contributed by atoms with Crippen molar-refractivity contribution in [2.75, 3.05) is 6.54 Å². The largest absolute Gasteiger partial charge is 0.573 e. The molecule has 0 heterocycles. The Bertz CT molecular complexity index is 498. The Hall–Kier alpha value is -2.25. The minimum Gasteiger partial charge on any atom is -0.406 e. The molecule has 0 unspecified atom stereocenters. The summed E-state index contributed by atoms with van der Waals surface area (Å²) in [5.41, 5.74) is 0.127. The minimum atomic E-state index is -4.78.